The lowest BCUT2D eigenvalue weighted by Crippen LogP contribution is -2.41. The van der Waals surface area contributed by atoms with Crippen LogP contribution in [0.3, 0.4) is 0 Å². The van der Waals surface area contributed by atoms with Crippen LogP contribution >= 0.6 is 0 Å². The van der Waals surface area contributed by atoms with Gasteiger partial charge in [-0.2, -0.15) is 13.2 Å². The van der Waals surface area contributed by atoms with E-state index in [2.05, 4.69) is 25.4 Å². The van der Waals surface area contributed by atoms with Crippen molar-refractivity contribution in [1.29, 1.82) is 0 Å². The average Bonchev–Trinajstić information content (AvgIpc) is 3.27. The molecule has 0 atom stereocenters. The van der Waals surface area contributed by atoms with E-state index >= 15 is 0 Å². The molecule has 0 radical (unpaired) electrons. The molecule has 1 aliphatic carbocycles. The number of aromatic nitrogens is 3. The molecule has 0 unspecified atom stereocenters. The second kappa shape index (κ2) is 7.25. The van der Waals surface area contributed by atoms with Crippen molar-refractivity contribution in [3.05, 3.63) is 29.7 Å². The minimum Gasteiger partial charge on any atom is -0.349 e. The van der Waals surface area contributed by atoms with Crippen LogP contribution in [0.25, 0.3) is 5.65 Å². The molecule has 4 rings (SSSR count). The molecule has 6 nitrogen and oxygen atoms in total. The van der Waals surface area contributed by atoms with Crippen molar-refractivity contribution >= 4 is 11.6 Å². The number of hydrogen-bond donors (Lipinski definition) is 1. The topological polar surface area (TPSA) is 57.8 Å². The van der Waals surface area contributed by atoms with Gasteiger partial charge in [-0.15, -0.1) is 10.2 Å². The van der Waals surface area contributed by atoms with Crippen LogP contribution in [-0.4, -0.2) is 45.6 Å². The number of guanidine groups is 1. The van der Waals surface area contributed by atoms with Gasteiger partial charge in [0.1, 0.15) is 0 Å². The van der Waals surface area contributed by atoms with Gasteiger partial charge in [0.15, 0.2) is 17.4 Å². The molecule has 0 bridgehead atoms. The van der Waals surface area contributed by atoms with E-state index in [1.54, 1.807) is 7.05 Å². The van der Waals surface area contributed by atoms with E-state index in [4.69, 9.17) is 0 Å². The monoisotopic (exact) mass is 394 g/mol. The fourth-order valence-corrected chi connectivity index (χ4v) is 4.54. The Balaban J connectivity index is 1.46. The number of pyridine rings is 1. The zero-order chi connectivity index (χ0) is 19.8. The Morgan fingerprint density at radius 1 is 1.18 bits per heavy atom. The summed E-state index contributed by atoms with van der Waals surface area (Å²) in [5.41, 5.74) is 0.0744. The Morgan fingerprint density at radius 3 is 2.68 bits per heavy atom. The van der Waals surface area contributed by atoms with E-state index in [-0.39, 0.29) is 6.54 Å². The first-order chi connectivity index (χ1) is 13.4. The summed E-state index contributed by atoms with van der Waals surface area (Å²) in [7, 11) is 1.73. The minimum absolute atomic E-state index is 0.263. The van der Waals surface area contributed by atoms with Crippen LogP contribution in [0.5, 0.6) is 0 Å². The van der Waals surface area contributed by atoms with Crippen LogP contribution in [0.4, 0.5) is 13.2 Å². The Labute approximate surface area is 161 Å². The van der Waals surface area contributed by atoms with Gasteiger partial charge in [0.05, 0.1) is 12.1 Å². The van der Waals surface area contributed by atoms with Crippen molar-refractivity contribution in [2.75, 3.05) is 20.1 Å². The quantitative estimate of drug-likeness (QED) is 0.626. The third-order valence-electron chi connectivity index (χ3n) is 6.07. The number of rotatable bonds is 2. The van der Waals surface area contributed by atoms with Gasteiger partial charge < -0.3 is 10.2 Å². The van der Waals surface area contributed by atoms with Gasteiger partial charge in [-0.3, -0.25) is 9.39 Å². The lowest BCUT2D eigenvalue weighted by molar-refractivity contribution is -0.137. The Morgan fingerprint density at radius 2 is 1.96 bits per heavy atom. The van der Waals surface area contributed by atoms with Gasteiger partial charge in [0.25, 0.3) is 0 Å². The third-order valence-corrected chi connectivity index (χ3v) is 6.07. The summed E-state index contributed by atoms with van der Waals surface area (Å²) in [6, 6.07) is 2.36. The molecule has 2 aromatic rings. The van der Waals surface area contributed by atoms with Crippen molar-refractivity contribution in [3.63, 3.8) is 0 Å². The SMILES string of the molecule is CN=C(NCc1nnc2ccc(C(F)(F)F)cn12)N1CCC2(CCCCC2)C1. The van der Waals surface area contributed by atoms with Gasteiger partial charge in [-0.05, 0) is 36.8 Å². The van der Waals surface area contributed by atoms with Crippen molar-refractivity contribution in [2.24, 2.45) is 10.4 Å². The van der Waals surface area contributed by atoms with Crippen molar-refractivity contribution in [2.45, 2.75) is 51.2 Å². The van der Waals surface area contributed by atoms with E-state index < -0.39 is 11.7 Å². The predicted octanol–water partition coefficient (Wildman–Crippen LogP) is 3.48. The molecule has 1 aliphatic heterocycles. The lowest BCUT2D eigenvalue weighted by Gasteiger charge is -2.33. The molecule has 1 saturated heterocycles. The summed E-state index contributed by atoms with van der Waals surface area (Å²) >= 11 is 0. The normalized spacial score (nSPS) is 20.3. The van der Waals surface area contributed by atoms with Crippen LogP contribution in [0, 0.1) is 5.41 Å². The summed E-state index contributed by atoms with van der Waals surface area (Å²) in [4.78, 5) is 6.64. The van der Waals surface area contributed by atoms with Crippen LogP contribution in [0.2, 0.25) is 0 Å². The fourth-order valence-electron chi connectivity index (χ4n) is 4.54. The standard InChI is InChI=1S/C19H25F3N6/c1-23-17(27-10-9-18(13-27)7-3-2-4-8-18)24-11-16-26-25-15-6-5-14(12-28(15)16)19(20,21)22/h5-6,12H,2-4,7-11,13H2,1H3,(H,23,24). The molecular formula is C19H25F3N6. The van der Waals surface area contributed by atoms with E-state index in [1.807, 2.05) is 0 Å². The third kappa shape index (κ3) is 3.66. The second-order valence-electron chi connectivity index (χ2n) is 7.89. The first kappa shape index (κ1) is 19.0. The summed E-state index contributed by atoms with van der Waals surface area (Å²) in [5.74, 6) is 1.19. The van der Waals surface area contributed by atoms with Gasteiger partial charge in [-0.1, -0.05) is 19.3 Å². The summed E-state index contributed by atoms with van der Waals surface area (Å²) in [6.45, 7) is 2.21. The number of hydrogen-bond acceptors (Lipinski definition) is 3. The zero-order valence-electron chi connectivity index (χ0n) is 16.0. The molecule has 0 aromatic carbocycles. The molecule has 3 heterocycles. The van der Waals surface area contributed by atoms with Crippen LogP contribution in [-0.2, 0) is 12.7 Å². The molecule has 1 N–H and O–H groups in total. The number of aliphatic imine (C=N–C) groups is 1. The summed E-state index contributed by atoms with van der Waals surface area (Å²) in [5, 5.41) is 11.3. The predicted molar refractivity (Wildman–Crippen MR) is 99.9 cm³/mol. The van der Waals surface area contributed by atoms with E-state index in [9.17, 15) is 13.2 Å². The number of fused-ring (bicyclic) bond motifs is 1. The second-order valence-corrected chi connectivity index (χ2v) is 7.89. The molecule has 1 saturated carbocycles. The number of nitrogens with one attached hydrogen (secondary N) is 1. The van der Waals surface area contributed by atoms with Crippen molar-refractivity contribution in [3.8, 4) is 0 Å². The molecule has 2 fully saturated rings. The smallest absolute Gasteiger partial charge is 0.349 e. The molecule has 2 aromatic heterocycles. The molecule has 152 valence electrons. The molecule has 9 heteroatoms. The Kier molecular flexibility index (Phi) is 4.93. The maximum Gasteiger partial charge on any atom is 0.417 e. The van der Waals surface area contributed by atoms with Crippen molar-refractivity contribution < 1.29 is 13.2 Å². The van der Waals surface area contributed by atoms with Gasteiger partial charge in [0.2, 0.25) is 0 Å². The average molecular weight is 394 g/mol. The first-order valence-electron chi connectivity index (χ1n) is 9.77. The summed E-state index contributed by atoms with van der Waals surface area (Å²) < 4.78 is 40.4. The molecule has 0 amide bonds. The zero-order valence-corrected chi connectivity index (χ0v) is 16.0. The highest BCUT2D eigenvalue weighted by Gasteiger charge is 2.39. The van der Waals surface area contributed by atoms with Gasteiger partial charge in [0, 0.05) is 26.3 Å². The maximum atomic E-state index is 13.0. The fraction of sp³-hybridized carbons (Fsp3) is 0.632. The number of likely N-dealkylation sites (tertiary alicyclic amines) is 1. The van der Waals surface area contributed by atoms with E-state index in [0.29, 0.717) is 16.9 Å². The minimum atomic E-state index is -4.40. The highest BCUT2D eigenvalue weighted by molar-refractivity contribution is 5.80. The Hall–Kier alpha value is -2.32. The highest BCUT2D eigenvalue weighted by Crippen LogP contribution is 2.43. The van der Waals surface area contributed by atoms with Crippen LogP contribution < -0.4 is 5.32 Å². The number of alkyl halides is 3. The van der Waals surface area contributed by atoms with Crippen molar-refractivity contribution in [1.82, 2.24) is 24.8 Å². The van der Waals surface area contributed by atoms with Gasteiger partial charge >= 0.3 is 6.18 Å². The number of halogens is 3. The van der Waals surface area contributed by atoms with Gasteiger partial charge in [-0.25, -0.2) is 0 Å². The number of nitrogens with zero attached hydrogens (tertiary/aromatic N) is 5. The van der Waals surface area contributed by atoms with E-state index in [0.717, 1.165) is 31.3 Å². The molecule has 28 heavy (non-hydrogen) atoms. The maximum absolute atomic E-state index is 13.0. The Bertz CT molecular complexity index is 866. The largest absolute Gasteiger partial charge is 0.417 e. The lowest BCUT2D eigenvalue weighted by atomic mass is 9.73. The molecule has 1 spiro atoms. The van der Waals surface area contributed by atoms with Crippen LogP contribution in [0.15, 0.2) is 23.3 Å². The van der Waals surface area contributed by atoms with Crippen LogP contribution in [0.1, 0.15) is 49.9 Å². The first-order valence-corrected chi connectivity index (χ1v) is 9.77. The van der Waals surface area contributed by atoms with E-state index in [1.165, 1.54) is 49.0 Å². The summed E-state index contributed by atoms with van der Waals surface area (Å²) in [6.07, 6.45) is 4.29. The molecule has 2 aliphatic rings. The molecular weight excluding hydrogens is 369 g/mol. The highest BCUT2D eigenvalue weighted by atomic mass is 19.4.